The number of carbonyl (C=O) groups excluding carboxylic acids is 2. The van der Waals surface area contributed by atoms with Gasteiger partial charge in [0.15, 0.2) is 0 Å². The van der Waals surface area contributed by atoms with Gasteiger partial charge in [-0.25, -0.2) is 0 Å². The van der Waals surface area contributed by atoms with Gasteiger partial charge in [0, 0.05) is 19.0 Å². The Hall–Kier alpha value is -0.810. The number of likely N-dealkylation sites (tertiary alicyclic amines) is 1. The lowest BCUT2D eigenvalue weighted by Gasteiger charge is -2.35. The summed E-state index contributed by atoms with van der Waals surface area (Å²) in [6, 6.07) is 0. The van der Waals surface area contributed by atoms with Crippen LogP contribution >= 0.6 is 11.6 Å². The number of alkyl halides is 1. The van der Waals surface area contributed by atoms with Crippen molar-refractivity contribution in [3.05, 3.63) is 0 Å². The Morgan fingerprint density at radius 1 is 1.20 bits per heavy atom. The van der Waals surface area contributed by atoms with Crippen LogP contribution in [0.4, 0.5) is 0 Å². The van der Waals surface area contributed by atoms with Gasteiger partial charge in [-0.05, 0) is 63.3 Å². The van der Waals surface area contributed by atoms with Crippen molar-refractivity contribution in [2.45, 2.75) is 69.3 Å². The van der Waals surface area contributed by atoms with E-state index in [1.54, 1.807) is 11.9 Å². The maximum Gasteiger partial charge on any atom is 0.234 e. The molecular weight excluding hydrogens is 338 g/mol. The van der Waals surface area contributed by atoms with E-state index in [1.807, 2.05) is 0 Å². The maximum atomic E-state index is 12.4. The second-order valence-electron chi connectivity index (χ2n) is 8.23. The third kappa shape index (κ3) is 5.10. The van der Waals surface area contributed by atoms with Gasteiger partial charge in [-0.2, -0.15) is 0 Å². The molecule has 2 amide bonds. The highest BCUT2D eigenvalue weighted by molar-refractivity contribution is 6.20. The molecule has 3 fully saturated rings. The Bertz CT molecular complexity index is 479. The zero-order chi connectivity index (χ0) is 17.8. The standard InChI is InChI=1S/C19H32ClN3O2/c1-23-9-3-6-16(19(23)25)18(24)22-17-8-7-14(12-21-17)10-13-4-2-5-15(20)11-13/h13-17,21H,2-12H2,1H3,(H,22,24). The summed E-state index contributed by atoms with van der Waals surface area (Å²) >= 11 is 6.31. The number of carbonyl (C=O) groups is 2. The smallest absolute Gasteiger partial charge is 0.234 e. The largest absolute Gasteiger partial charge is 0.345 e. The highest BCUT2D eigenvalue weighted by Gasteiger charge is 2.34. The van der Waals surface area contributed by atoms with Gasteiger partial charge in [0.1, 0.15) is 5.92 Å². The zero-order valence-corrected chi connectivity index (χ0v) is 16.1. The van der Waals surface area contributed by atoms with Crippen LogP contribution in [0.1, 0.15) is 57.8 Å². The van der Waals surface area contributed by atoms with Crippen molar-refractivity contribution < 1.29 is 9.59 Å². The molecule has 0 spiro atoms. The molecule has 2 aliphatic heterocycles. The lowest BCUT2D eigenvalue weighted by Crippen LogP contribution is -2.54. The predicted molar refractivity (Wildman–Crippen MR) is 99.2 cm³/mol. The zero-order valence-electron chi connectivity index (χ0n) is 15.3. The SMILES string of the molecule is CN1CCCC(C(=O)NC2CCC(CC3CCCC(Cl)C3)CN2)C1=O. The van der Waals surface area contributed by atoms with Crippen LogP contribution < -0.4 is 10.6 Å². The first kappa shape index (κ1) is 19.0. The van der Waals surface area contributed by atoms with E-state index in [-0.39, 0.29) is 18.0 Å². The fourth-order valence-corrected chi connectivity index (χ4v) is 5.10. The summed E-state index contributed by atoms with van der Waals surface area (Å²) in [6.45, 7) is 1.71. The minimum atomic E-state index is -0.499. The van der Waals surface area contributed by atoms with Crippen LogP contribution in [0.15, 0.2) is 0 Å². The molecule has 5 atom stereocenters. The molecule has 2 saturated heterocycles. The molecule has 0 bridgehead atoms. The monoisotopic (exact) mass is 369 g/mol. The quantitative estimate of drug-likeness (QED) is 0.591. The summed E-state index contributed by atoms with van der Waals surface area (Å²) in [5.74, 6) is 0.809. The number of amides is 2. The number of nitrogens with one attached hydrogen (secondary N) is 2. The number of nitrogens with zero attached hydrogens (tertiary/aromatic N) is 1. The van der Waals surface area contributed by atoms with E-state index < -0.39 is 5.92 Å². The average molecular weight is 370 g/mol. The maximum absolute atomic E-state index is 12.4. The van der Waals surface area contributed by atoms with Crippen molar-refractivity contribution in [2.75, 3.05) is 20.1 Å². The molecule has 2 heterocycles. The molecular formula is C19H32ClN3O2. The fourth-order valence-electron chi connectivity index (χ4n) is 4.70. The summed E-state index contributed by atoms with van der Waals surface area (Å²) < 4.78 is 0. The normalized spacial score (nSPS) is 37.0. The molecule has 0 radical (unpaired) electrons. The molecule has 0 aromatic carbocycles. The number of hydrogen-bond acceptors (Lipinski definition) is 3. The van der Waals surface area contributed by atoms with Crippen molar-refractivity contribution in [3.8, 4) is 0 Å². The minimum absolute atomic E-state index is 0.0101. The minimum Gasteiger partial charge on any atom is -0.345 e. The molecule has 142 valence electrons. The molecule has 5 nitrogen and oxygen atoms in total. The summed E-state index contributed by atoms with van der Waals surface area (Å²) in [6.07, 6.45) is 9.84. The molecule has 3 aliphatic rings. The van der Waals surface area contributed by atoms with Gasteiger partial charge in [-0.15, -0.1) is 11.6 Å². The number of halogens is 1. The summed E-state index contributed by atoms with van der Waals surface area (Å²) in [4.78, 5) is 26.3. The van der Waals surface area contributed by atoms with Crippen LogP contribution in [0.3, 0.4) is 0 Å². The summed E-state index contributed by atoms with van der Waals surface area (Å²) in [5, 5.41) is 6.90. The molecule has 3 rings (SSSR count). The Balaban J connectivity index is 1.40. The van der Waals surface area contributed by atoms with Crippen LogP contribution in [0.2, 0.25) is 0 Å². The highest BCUT2D eigenvalue weighted by Crippen LogP contribution is 2.33. The molecule has 6 heteroatoms. The van der Waals surface area contributed by atoms with E-state index in [1.165, 1.54) is 25.7 Å². The van der Waals surface area contributed by atoms with Crippen molar-refractivity contribution in [2.24, 2.45) is 17.8 Å². The van der Waals surface area contributed by atoms with Crippen LogP contribution in [0, 0.1) is 17.8 Å². The molecule has 25 heavy (non-hydrogen) atoms. The van der Waals surface area contributed by atoms with Gasteiger partial charge < -0.3 is 10.2 Å². The summed E-state index contributed by atoms with van der Waals surface area (Å²) in [5.41, 5.74) is 0. The lowest BCUT2D eigenvalue weighted by atomic mass is 9.80. The lowest BCUT2D eigenvalue weighted by molar-refractivity contribution is -0.144. The van der Waals surface area contributed by atoms with Crippen LogP contribution in [-0.4, -0.2) is 48.4 Å². The second-order valence-corrected chi connectivity index (χ2v) is 8.85. The average Bonchev–Trinajstić information content (AvgIpc) is 2.59. The Labute approximate surface area is 156 Å². The van der Waals surface area contributed by atoms with Gasteiger partial charge in [-0.1, -0.05) is 12.8 Å². The first-order valence-electron chi connectivity index (χ1n) is 9.95. The van der Waals surface area contributed by atoms with E-state index in [2.05, 4.69) is 10.6 Å². The Morgan fingerprint density at radius 2 is 2.04 bits per heavy atom. The van der Waals surface area contributed by atoms with Crippen molar-refractivity contribution >= 4 is 23.4 Å². The van der Waals surface area contributed by atoms with Gasteiger partial charge in [0.25, 0.3) is 0 Å². The number of hydrogen-bond donors (Lipinski definition) is 2. The molecule has 0 aromatic rings. The Kier molecular flexibility index (Phi) is 6.61. The van der Waals surface area contributed by atoms with Crippen LogP contribution in [0.25, 0.3) is 0 Å². The van der Waals surface area contributed by atoms with Crippen molar-refractivity contribution in [1.29, 1.82) is 0 Å². The van der Waals surface area contributed by atoms with Gasteiger partial charge in [0.05, 0.1) is 6.17 Å². The van der Waals surface area contributed by atoms with E-state index in [0.717, 1.165) is 44.7 Å². The fraction of sp³-hybridized carbons (Fsp3) is 0.895. The molecule has 0 aromatic heterocycles. The predicted octanol–water partition coefficient (Wildman–Crippen LogP) is 2.48. The van der Waals surface area contributed by atoms with Crippen molar-refractivity contribution in [3.63, 3.8) is 0 Å². The molecule has 1 aliphatic carbocycles. The first-order chi connectivity index (χ1) is 12.0. The summed E-state index contributed by atoms with van der Waals surface area (Å²) in [7, 11) is 1.78. The van der Waals surface area contributed by atoms with Gasteiger partial charge >= 0.3 is 0 Å². The molecule has 2 N–H and O–H groups in total. The van der Waals surface area contributed by atoms with E-state index in [9.17, 15) is 9.59 Å². The second kappa shape index (κ2) is 8.72. The van der Waals surface area contributed by atoms with Gasteiger partial charge in [0.2, 0.25) is 11.8 Å². The van der Waals surface area contributed by atoms with E-state index >= 15 is 0 Å². The molecule has 5 unspecified atom stereocenters. The highest BCUT2D eigenvalue weighted by atomic mass is 35.5. The number of rotatable bonds is 4. The Morgan fingerprint density at radius 3 is 2.76 bits per heavy atom. The van der Waals surface area contributed by atoms with Gasteiger partial charge in [-0.3, -0.25) is 14.9 Å². The number of piperidine rings is 2. The van der Waals surface area contributed by atoms with E-state index in [4.69, 9.17) is 11.6 Å². The third-order valence-electron chi connectivity index (χ3n) is 6.20. The van der Waals surface area contributed by atoms with Crippen LogP contribution in [0.5, 0.6) is 0 Å². The molecule has 1 saturated carbocycles. The first-order valence-corrected chi connectivity index (χ1v) is 10.4. The van der Waals surface area contributed by atoms with Crippen molar-refractivity contribution in [1.82, 2.24) is 15.5 Å². The van der Waals surface area contributed by atoms with Crippen LogP contribution in [-0.2, 0) is 9.59 Å². The topological polar surface area (TPSA) is 61.4 Å². The third-order valence-corrected chi connectivity index (χ3v) is 6.59. The van der Waals surface area contributed by atoms with E-state index in [0.29, 0.717) is 17.7 Å².